The fraction of sp³-hybridized carbons (Fsp3) is 0.667. The van der Waals surface area contributed by atoms with E-state index in [-0.39, 0.29) is 11.8 Å². The Morgan fingerprint density at radius 2 is 0.850 bits per heavy atom. The Labute approximate surface area is 114 Å². The molecule has 8 nitrogen and oxygen atoms in total. The molecule has 0 bridgehead atoms. The van der Waals surface area contributed by atoms with Crippen molar-refractivity contribution in [3.63, 3.8) is 0 Å². The van der Waals surface area contributed by atoms with Gasteiger partial charge in [0.15, 0.2) is 12.3 Å². The van der Waals surface area contributed by atoms with Crippen LogP contribution >= 0.6 is 0 Å². The molecule has 0 aromatic rings. The molecule has 0 saturated heterocycles. The van der Waals surface area contributed by atoms with E-state index in [1.807, 2.05) is 0 Å². The maximum Gasteiger partial charge on any atom is 0.237 e. The third-order valence-electron chi connectivity index (χ3n) is 3.40. The summed E-state index contributed by atoms with van der Waals surface area (Å²) in [6, 6.07) is 0. The van der Waals surface area contributed by atoms with Crippen LogP contribution in [0.2, 0.25) is 0 Å². The van der Waals surface area contributed by atoms with Crippen molar-refractivity contribution in [2.24, 2.45) is 31.8 Å². The zero-order chi connectivity index (χ0) is 14.8. The Bertz CT molecular complexity index is 432. The van der Waals surface area contributed by atoms with Crippen LogP contribution in [0.25, 0.3) is 0 Å². The fourth-order valence-electron chi connectivity index (χ4n) is 2.44. The second kappa shape index (κ2) is 8.59. The smallest absolute Gasteiger partial charge is 0.211 e. The Morgan fingerprint density at radius 3 is 1.05 bits per heavy atom. The summed E-state index contributed by atoms with van der Waals surface area (Å²) < 4.78 is 0. The van der Waals surface area contributed by atoms with Crippen molar-refractivity contribution >= 4 is 24.3 Å². The van der Waals surface area contributed by atoms with E-state index >= 15 is 0 Å². The monoisotopic (exact) mass is 276 g/mol. The average molecular weight is 276 g/mol. The standard InChI is InChI=1S/C12H12N4O4/c17-5-13-11(14-6-18)9-1-2-10(4-3-9)12(15-7-19)16-8-20/h9-12H,1-4H2. The van der Waals surface area contributed by atoms with E-state index < -0.39 is 12.3 Å². The van der Waals surface area contributed by atoms with Crippen LogP contribution < -0.4 is 0 Å². The highest BCUT2D eigenvalue weighted by Gasteiger charge is 2.31. The van der Waals surface area contributed by atoms with Crippen LogP contribution in [0, 0.1) is 11.8 Å². The van der Waals surface area contributed by atoms with Crippen LogP contribution in [0.15, 0.2) is 20.0 Å². The molecule has 0 aromatic carbocycles. The number of aliphatic imine (C=N–C) groups is 4. The predicted molar refractivity (Wildman–Crippen MR) is 65.5 cm³/mol. The summed E-state index contributed by atoms with van der Waals surface area (Å²) in [6.07, 6.45) is 6.47. The maximum atomic E-state index is 10.3. The van der Waals surface area contributed by atoms with Crippen molar-refractivity contribution < 1.29 is 19.2 Å². The summed E-state index contributed by atoms with van der Waals surface area (Å²) >= 11 is 0. The largest absolute Gasteiger partial charge is 0.237 e. The van der Waals surface area contributed by atoms with E-state index in [0.29, 0.717) is 25.7 Å². The molecule has 1 aliphatic rings. The van der Waals surface area contributed by atoms with Gasteiger partial charge in [-0.3, -0.25) is 0 Å². The topological polar surface area (TPSA) is 118 Å². The third kappa shape index (κ3) is 4.32. The Balaban J connectivity index is 2.70. The summed E-state index contributed by atoms with van der Waals surface area (Å²) in [5.74, 6) is -0.148. The highest BCUT2D eigenvalue weighted by Crippen LogP contribution is 2.35. The molecule has 1 rings (SSSR count). The molecule has 0 aliphatic heterocycles. The molecular formula is C12H12N4O4. The van der Waals surface area contributed by atoms with Crippen LogP contribution in [0.1, 0.15) is 25.7 Å². The minimum absolute atomic E-state index is 0.0739. The molecule has 0 spiro atoms. The lowest BCUT2D eigenvalue weighted by Gasteiger charge is -2.30. The molecule has 20 heavy (non-hydrogen) atoms. The first-order valence-corrected chi connectivity index (χ1v) is 6.04. The molecule has 1 aliphatic carbocycles. The summed E-state index contributed by atoms with van der Waals surface area (Å²) in [5, 5.41) is 0. The summed E-state index contributed by atoms with van der Waals surface area (Å²) in [4.78, 5) is 55.0. The molecule has 0 N–H and O–H groups in total. The van der Waals surface area contributed by atoms with Crippen molar-refractivity contribution in [3.05, 3.63) is 0 Å². The predicted octanol–water partition coefficient (Wildman–Crippen LogP) is 0.788. The highest BCUT2D eigenvalue weighted by atomic mass is 16.1. The highest BCUT2D eigenvalue weighted by molar-refractivity contribution is 5.38. The first kappa shape index (κ1) is 15.6. The Morgan fingerprint density at radius 1 is 0.600 bits per heavy atom. The minimum Gasteiger partial charge on any atom is -0.211 e. The molecular weight excluding hydrogens is 264 g/mol. The quantitative estimate of drug-likeness (QED) is 0.526. The second-order valence-corrected chi connectivity index (χ2v) is 4.38. The van der Waals surface area contributed by atoms with Crippen molar-refractivity contribution in [3.8, 4) is 0 Å². The van der Waals surface area contributed by atoms with Gasteiger partial charge in [0.2, 0.25) is 24.3 Å². The van der Waals surface area contributed by atoms with Crippen molar-refractivity contribution in [1.82, 2.24) is 0 Å². The van der Waals surface area contributed by atoms with Crippen LogP contribution in [0.4, 0.5) is 0 Å². The van der Waals surface area contributed by atoms with Gasteiger partial charge in [0, 0.05) is 11.8 Å². The molecule has 0 radical (unpaired) electrons. The fourth-order valence-corrected chi connectivity index (χ4v) is 2.44. The van der Waals surface area contributed by atoms with Gasteiger partial charge in [0.05, 0.1) is 0 Å². The van der Waals surface area contributed by atoms with Crippen LogP contribution in [0.5, 0.6) is 0 Å². The van der Waals surface area contributed by atoms with Gasteiger partial charge < -0.3 is 0 Å². The molecule has 0 amide bonds. The van der Waals surface area contributed by atoms with Crippen LogP contribution in [-0.2, 0) is 19.2 Å². The van der Waals surface area contributed by atoms with Crippen LogP contribution in [-0.4, -0.2) is 36.7 Å². The van der Waals surface area contributed by atoms with Crippen molar-refractivity contribution in [1.29, 1.82) is 0 Å². The summed E-state index contributed by atoms with van der Waals surface area (Å²) in [7, 11) is 0. The minimum atomic E-state index is -0.770. The molecule has 1 saturated carbocycles. The summed E-state index contributed by atoms with van der Waals surface area (Å²) in [5.41, 5.74) is 0. The molecule has 0 atom stereocenters. The third-order valence-corrected chi connectivity index (χ3v) is 3.40. The number of nitrogens with zero attached hydrogens (tertiary/aromatic N) is 4. The van der Waals surface area contributed by atoms with E-state index in [1.54, 1.807) is 0 Å². The normalized spacial score (nSPS) is 23.8. The first-order valence-electron chi connectivity index (χ1n) is 6.04. The van der Waals surface area contributed by atoms with Gasteiger partial charge in [-0.1, -0.05) is 0 Å². The van der Waals surface area contributed by atoms with Gasteiger partial charge in [0.1, 0.15) is 0 Å². The Hall–Kier alpha value is -2.48. The van der Waals surface area contributed by atoms with Gasteiger partial charge in [-0.15, -0.1) is 0 Å². The van der Waals surface area contributed by atoms with Gasteiger partial charge in [-0.2, -0.15) is 20.0 Å². The lowest BCUT2D eigenvalue weighted by Crippen LogP contribution is -2.27. The van der Waals surface area contributed by atoms with Gasteiger partial charge in [0.25, 0.3) is 0 Å². The Kier molecular flexibility index (Phi) is 6.69. The van der Waals surface area contributed by atoms with E-state index in [0.717, 1.165) is 0 Å². The number of carbonyl (C=O) groups excluding carboxylic acids is 4. The first-order chi connectivity index (χ1) is 9.76. The van der Waals surface area contributed by atoms with Gasteiger partial charge >= 0.3 is 0 Å². The lowest BCUT2D eigenvalue weighted by molar-refractivity contribution is 0.224. The van der Waals surface area contributed by atoms with Crippen LogP contribution in [0.3, 0.4) is 0 Å². The van der Waals surface area contributed by atoms with E-state index in [2.05, 4.69) is 20.0 Å². The van der Waals surface area contributed by atoms with Gasteiger partial charge in [-0.05, 0) is 25.7 Å². The number of rotatable bonds is 6. The number of hydrogen-bond donors (Lipinski definition) is 0. The number of hydrogen-bond acceptors (Lipinski definition) is 8. The maximum absolute atomic E-state index is 10.3. The lowest BCUT2D eigenvalue weighted by atomic mass is 9.79. The molecule has 0 aromatic heterocycles. The summed E-state index contributed by atoms with van der Waals surface area (Å²) in [6.45, 7) is 0. The van der Waals surface area contributed by atoms with E-state index in [4.69, 9.17) is 0 Å². The van der Waals surface area contributed by atoms with E-state index in [1.165, 1.54) is 24.3 Å². The molecule has 104 valence electrons. The molecule has 8 heteroatoms. The van der Waals surface area contributed by atoms with Crippen molar-refractivity contribution in [2.45, 2.75) is 38.0 Å². The molecule has 0 heterocycles. The zero-order valence-electron chi connectivity index (χ0n) is 10.6. The average Bonchev–Trinajstić information content (AvgIpc) is 2.47. The zero-order valence-corrected chi connectivity index (χ0v) is 10.6. The SMILES string of the molecule is O=C=NC(N=C=O)C1CCC(C(N=C=O)N=C=O)CC1. The second-order valence-electron chi connectivity index (χ2n) is 4.38. The molecule has 1 fully saturated rings. The van der Waals surface area contributed by atoms with Crippen molar-refractivity contribution in [2.75, 3.05) is 0 Å². The van der Waals surface area contributed by atoms with E-state index in [9.17, 15) is 19.2 Å². The molecule has 0 unspecified atom stereocenters. The number of isocyanates is 4. The van der Waals surface area contributed by atoms with Gasteiger partial charge in [-0.25, -0.2) is 19.2 Å².